The maximum Gasteiger partial charge on any atom is 0.226 e. The molecule has 1 heterocycles. The maximum absolute atomic E-state index is 13.1. The lowest BCUT2D eigenvalue weighted by Gasteiger charge is -2.15. The summed E-state index contributed by atoms with van der Waals surface area (Å²) in [7, 11) is 0. The van der Waals surface area contributed by atoms with Crippen LogP contribution in [-0.2, 0) is 4.79 Å². The van der Waals surface area contributed by atoms with Crippen LogP contribution in [0, 0.1) is 17.6 Å². The Labute approximate surface area is 109 Å². The average Bonchev–Trinajstić information content (AvgIpc) is 3.07. The predicted octanol–water partition coefficient (Wildman–Crippen LogP) is 1.66. The molecule has 2 fully saturated rings. The SMILES string of the molecule is O=C(C1CC1c1ccc(F)c(F)c1)N1CC[C@H](O)C1. The van der Waals surface area contributed by atoms with Crippen molar-refractivity contribution in [3.8, 4) is 0 Å². The summed E-state index contributed by atoms with van der Waals surface area (Å²) in [6.45, 7) is 0.973. The third kappa shape index (κ3) is 2.34. The number of hydrogen-bond donors (Lipinski definition) is 1. The summed E-state index contributed by atoms with van der Waals surface area (Å²) in [5.74, 6) is -1.87. The number of aliphatic hydroxyl groups excluding tert-OH is 1. The Morgan fingerprint density at radius 1 is 1.32 bits per heavy atom. The van der Waals surface area contributed by atoms with Crippen LogP contribution in [0.1, 0.15) is 24.3 Å². The van der Waals surface area contributed by atoms with E-state index in [-0.39, 0.29) is 17.7 Å². The number of nitrogens with zero attached hydrogens (tertiary/aromatic N) is 1. The van der Waals surface area contributed by atoms with Crippen molar-refractivity contribution in [2.24, 2.45) is 5.92 Å². The minimum atomic E-state index is -0.868. The van der Waals surface area contributed by atoms with E-state index in [2.05, 4.69) is 0 Å². The quantitative estimate of drug-likeness (QED) is 0.885. The fourth-order valence-electron chi connectivity index (χ4n) is 2.76. The van der Waals surface area contributed by atoms with Gasteiger partial charge in [-0.25, -0.2) is 8.78 Å². The molecule has 102 valence electrons. The number of β-amino-alcohol motifs (C(OH)–C–C–N with tert-alkyl or cyclic N) is 1. The van der Waals surface area contributed by atoms with E-state index in [9.17, 15) is 18.7 Å². The summed E-state index contributed by atoms with van der Waals surface area (Å²) in [6.07, 6.45) is 0.870. The number of rotatable bonds is 2. The first kappa shape index (κ1) is 12.5. The molecule has 1 aliphatic carbocycles. The highest BCUT2D eigenvalue weighted by molar-refractivity contribution is 5.83. The first-order chi connectivity index (χ1) is 9.06. The zero-order valence-corrected chi connectivity index (χ0v) is 10.4. The van der Waals surface area contributed by atoms with E-state index in [1.165, 1.54) is 12.1 Å². The second-order valence-corrected chi connectivity index (χ2v) is 5.35. The molecular weight excluding hydrogens is 252 g/mol. The van der Waals surface area contributed by atoms with E-state index in [0.717, 1.165) is 6.07 Å². The van der Waals surface area contributed by atoms with Gasteiger partial charge >= 0.3 is 0 Å². The van der Waals surface area contributed by atoms with Crippen LogP contribution in [0.25, 0.3) is 0 Å². The molecule has 3 nitrogen and oxygen atoms in total. The van der Waals surface area contributed by atoms with Crippen LogP contribution in [-0.4, -0.2) is 35.1 Å². The maximum atomic E-state index is 13.1. The summed E-state index contributed by atoms with van der Waals surface area (Å²) < 4.78 is 26.0. The molecule has 3 rings (SSSR count). The third-order valence-corrected chi connectivity index (χ3v) is 3.95. The van der Waals surface area contributed by atoms with Gasteiger partial charge in [-0.05, 0) is 36.5 Å². The summed E-state index contributed by atoms with van der Waals surface area (Å²) in [4.78, 5) is 13.8. The van der Waals surface area contributed by atoms with Gasteiger partial charge in [0.2, 0.25) is 5.91 Å². The number of amides is 1. The molecular formula is C14H15F2NO2. The van der Waals surface area contributed by atoms with Crippen LogP contribution in [0.4, 0.5) is 8.78 Å². The van der Waals surface area contributed by atoms with E-state index in [1.54, 1.807) is 4.90 Å². The normalized spacial score (nSPS) is 29.6. The van der Waals surface area contributed by atoms with Crippen molar-refractivity contribution in [1.82, 2.24) is 4.90 Å². The van der Waals surface area contributed by atoms with Crippen molar-refractivity contribution in [3.63, 3.8) is 0 Å². The van der Waals surface area contributed by atoms with Gasteiger partial charge in [0.15, 0.2) is 11.6 Å². The van der Waals surface area contributed by atoms with Crippen LogP contribution in [0.3, 0.4) is 0 Å². The molecule has 0 aromatic heterocycles. The number of carbonyl (C=O) groups is 1. The van der Waals surface area contributed by atoms with Gasteiger partial charge in [0.05, 0.1) is 6.10 Å². The molecule has 1 amide bonds. The summed E-state index contributed by atoms with van der Waals surface area (Å²) >= 11 is 0. The molecule has 0 radical (unpaired) electrons. The summed E-state index contributed by atoms with van der Waals surface area (Å²) in [5.41, 5.74) is 0.678. The fourth-order valence-corrected chi connectivity index (χ4v) is 2.76. The summed E-state index contributed by atoms with van der Waals surface area (Å²) in [5, 5.41) is 9.42. The smallest absolute Gasteiger partial charge is 0.226 e. The molecule has 5 heteroatoms. The zero-order valence-electron chi connectivity index (χ0n) is 10.4. The largest absolute Gasteiger partial charge is 0.391 e. The van der Waals surface area contributed by atoms with Crippen LogP contribution in [0.2, 0.25) is 0 Å². The molecule has 0 bridgehead atoms. The number of carbonyl (C=O) groups excluding carboxylic acids is 1. The van der Waals surface area contributed by atoms with Crippen molar-refractivity contribution in [3.05, 3.63) is 35.4 Å². The molecule has 2 unspecified atom stereocenters. The lowest BCUT2D eigenvalue weighted by atomic mass is 10.1. The van der Waals surface area contributed by atoms with Crippen molar-refractivity contribution in [2.45, 2.75) is 24.9 Å². The lowest BCUT2D eigenvalue weighted by Crippen LogP contribution is -2.31. The van der Waals surface area contributed by atoms with Crippen LogP contribution in [0.15, 0.2) is 18.2 Å². The predicted molar refractivity (Wildman–Crippen MR) is 64.4 cm³/mol. The number of likely N-dealkylation sites (tertiary alicyclic amines) is 1. The van der Waals surface area contributed by atoms with Gasteiger partial charge in [0.25, 0.3) is 0 Å². The third-order valence-electron chi connectivity index (χ3n) is 3.95. The van der Waals surface area contributed by atoms with Crippen LogP contribution >= 0.6 is 0 Å². The molecule has 1 N–H and O–H groups in total. The van der Waals surface area contributed by atoms with Crippen molar-refractivity contribution < 1.29 is 18.7 Å². The minimum Gasteiger partial charge on any atom is -0.391 e. The highest BCUT2D eigenvalue weighted by Gasteiger charge is 2.46. The van der Waals surface area contributed by atoms with Gasteiger partial charge < -0.3 is 10.0 Å². The number of benzene rings is 1. The van der Waals surface area contributed by atoms with Crippen LogP contribution < -0.4 is 0 Å². The van der Waals surface area contributed by atoms with Gasteiger partial charge in [-0.2, -0.15) is 0 Å². The topological polar surface area (TPSA) is 40.5 Å². The van der Waals surface area contributed by atoms with E-state index in [1.807, 2.05) is 0 Å². The van der Waals surface area contributed by atoms with Crippen molar-refractivity contribution in [1.29, 1.82) is 0 Å². The molecule has 19 heavy (non-hydrogen) atoms. The Balaban J connectivity index is 1.67. The number of hydrogen-bond acceptors (Lipinski definition) is 2. The molecule has 3 atom stereocenters. The second-order valence-electron chi connectivity index (χ2n) is 5.35. The van der Waals surface area contributed by atoms with Gasteiger partial charge in [-0.15, -0.1) is 0 Å². The Morgan fingerprint density at radius 2 is 2.11 bits per heavy atom. The van der Waals surface area contributed by atoms with Gasteiger partial charge in [-0.1, -0.05) is 6.07 Å². The van der Waals surface area contributed by atoms with Crippen molar-refractivity contribution >= 4 is 5.91 Å². The van der Waals surface area contributed by atoms with Gasteiger partial charge in [0, 0.05) is 19.0 Å². The minimum absolute atomic E-state index is 0.0136. The second kappa shape index (κ2) is 4.56. The molecule has 1 aliphatic heterocycles. The molecule has 2 aliphatic rings. The number of aliphatic hydroxyl groups is 1. The van der Waals surface area contributed by atoms with Crippen molar-refractivity contribution in [2.75, 3.05) is 13.1 Å². The summed E-state index contributed by atoms with van der Waals surface area (Å²) in [6, 6.07) is 3.81. The Hall–Kier alpha value is -1.49. The highest BCUT2D eigenvalue weighted by atomic mass is 19.2. The molecule has 1 saturated carbocycles. The Bertz CT molecular complexity index is 520. The molecule has 1 aromatic carbocycles. The Morgan fingerprint density at radius 3 is 2.74 bits per heavy atom. The average molecular weight is 267 g/mol. The van der Waals surface area contributed by atoms with E-state index >= 15 is 0 Å². The van der Waals surface area contributed by atoms with E-state index in [0.29, 0.717) is 31.5 Å². The highest BCUT2D eigenvalue weighted by Crippen LogP contribution is 2.48. The molecule has 1 aromatic rings. The van der Waals surface area contributed by atoms with Gasteiger partial charge in [-0.3, -0.25) is 4.79 Å². The Kier molecular flexibility index (Phi) is 3.01. The van der Waals surface area contributed by atoms with E-state index < -0.39 is 17.7 Å². The lowest BCUT2D eigenvalue weighted by molar-refractivity contribution is -0.131. The standard InChI is InChI=1S/C14H15F2NO2/c15-12-2-1-8(5-13(12)16)10-6-11(10)14(19)17-4-3-9(18)7-17/h1-2,5,9-11,18H,3-4,6-7H2/t9-,10?,11?/m0/s1. The first-order valence-corrected chi connectivity index (χ1v) is 6.48. The van der Waals surface area contributed by atoms with E-state index in [4.69, 9.17) is 0 Å². The first-order valence-electron chi connectivity index (χ1n) is 6.48. The fraction of sp³-hybridized carbons (Fsp3) is 0.500. The molecule has 0 spiro atoms. The number of halogens is 2. The van der Waals surface area contributed by atoms with Crippen LogP contribution in [0.5, 0.6) is 0 Å². The molecule has 1 saturated heterocycles. The monoisotopic (exact) mass is 267 g/mol. The zero-order chi connectivity index (χ0) is 13.6. The van der Waals surface area contributed by atoms with Gasteiger partial charge in [0.1, 0.15) is 0 Å².